The number of furan rings is 1. The number of quaternary nitrogens is 1. The largest absolute Gasteiger partial charge is 0.495 e. The molecule has 1 heterocycles. The highest BCUT2D eigenvalue weighted by atomic mass is 35.5. The molecule has 7 nitrogen and oxygen atoms in total. The topological polar surface area (TPSA) is 94.1 Å². The lowest BCUT2D eigenvalue weighted by atomic mass is 10.2. The van der Waals surface area contributed by atoms with Gasteiger partial charge in [-0.05, 0) is 42.5 Å². The van der Waals surface area contributed by atoms with E-state index in [1.54, 1.807) is 19.2 Å². The minimum absolute atomic E-state index is 0.0869. The quantitative estimate of drug-likeness (QED) is 0.323. The number of anilines is 1. The standard InChI is InChI=1S/C20H20ClN3O4/c1-27-20-8-2-14(12-18(20)21)19-9-7-17(28-19)13-22-10-11-23-15-3-5-16(6-4-15)24(25)26/h2-9,12,22-23H,10-11,13H2,1H3/p+1. The first-order valence-corrected chi connectivity index (χ1v) is 9.17. The summed E-state index contributed by atoms with van der Waals surface area (Å²) in [5, 5.41) is 16.5. The van der Waals surface area contributed by atoms with Crippen LogP contribution in [0.1, 0.15) is 5.76 Å². The summed E-state index contributed by atoms with van der Waals surface area (Å²) < 4.78 is 11.0. The van der Waals surface area contributed by atoms with Crippen molar-refractivity contribution in [1.29, 1.82) is 0 Å². The lowest BCUT2D eigenvalue weighted by molar-refractivity contribution is -0.669. The number of non-ortho nitro benzene ring substituents is 1. The minimum atomic E-state index is -0.408. The van der Waals surface area contributed by atoms with Crippen LogP contribution in [0.3, 0.4) is 0 Å². The zero-order chi connectivity index (χ0) is 19.9. The second-order valence-electron chi connectivity index (χ2n) is 6.13. The normalized spacial score (nSPS) is 10.6. The third kappa shape index (κ3) is 5.03. The Bertz CT molecular complexity index is 941. The van der Waals surface area contributed by atoms with E-state index in [1.165, 1.54) is 12.1 Å². The Morgan fingerprint density at radius 2 is 1.96 bits per heavy atom. The summed E-state index contributed by atoms with van der Waals surface area (Å²) in [6, 6.07) is 15.8. The van der Waals surface area contributed by atoms with E-state index in [0.717, 1.165) is 35.9 Å². The molecule has 3 N–H and O–H groups in total. The first kappa shape index (κ1) is 19.7. The highest BCUT2D eigenvalue weighted by molar-refractivity contribution is 6.32. The Morgan fingerprint density at radius 3 is 2.64 bits per heavy atom. The summed E-state index contributed by atoms with van der Waals surface area (Å²) in [6.45, 7) is 2.28. The maximum atomic E-state index is 10.6. The zero-order valence-corrected chi connectivity index (χ0v) is 16.1. The molecule has 0 spiro atoms. The molecule has 0 atom stereocenters. The van der Waals surface area contributed by atoms with Crippen molar-refractivity contribution in [3.63, 3.8) is 0 Å². The SMILES string of the molecule is COc1ccc(-c2ccc(C[NH2+]CCNc3ccc([N+](=O)[O-])cc3)o2)cc1Cl. The fourth-order valence-electron chi connectivity index (χ4n) is 2.73. The Hall–Kier alpha value is -3.03. The van der Waals surface area contributed by atoms with Gasteiger partial charge >= 0.3 is 0 Å². The van der Waals surface area contributed by atoms with Crippen molar-refractivity contribution in [3.8, 4) is 17.1 Å². The molecule has 8 heteroatoms. The highest BCUT2D eigenvalue weighted by Gasteiger charge is 2.09. The van der Waals surface area contributed by atoms with Gasteiger partial charge in [-0.1, -0.05) is 11.6 Å². The average molecular weight is 403 g/mol. The van der Waals surface area contributed by atoms with Gasteiger partial charge in [0, 0.05) is 23.4 Å². The fourth-order valence-corrected chi connectivity index (χ4v) is 2.98. The van der Waals surface area contributed by atoms with E-state index < -0.39 is 4.92 Å². The predicted octanol–water partition coefficient (Wildman–Crippen LogP) is 3.69. The average Bonchev–Trinajstić information content (AvgIpc) is 3.17. The van der Waals surface area contributed by atoms with Crippen molar-refractivity contribution >= 4 is 23.0 Å². The molecule has 0 amide bonds. The van der Waals surface area contributed by atoms with Crippen molar-refractivity contribution in [1.82, 2.24) is 0 Å². The van der Waals surface area contributed by atoms with E-state index in [2.05, 4.69) is 10.6 Å². The van der Waals surface area contributed by atoms with Crippen molar-refractivity contribution < 1.29 is 19.4 Å². The summed E-state index contributed by atoms with van der Waals surface area (Å²) >= 11 is 6.17. The third-order valence-electron chi connectivity index (χ3n) is 4.20. The third-order valence-corrected chi connectivity index (χ3v) is 4.49. The summed E-state index contributed by atoms with van der Waals surface area (Å²) in [6.07, 6.45) is 0. The molecular formula is C20H21ClN3O4+. The number of rotatable bonds is 9. The maximum Gasteiger partial charge on any atom is 0.269 e. The van der Waals surface area contributed by atoms with Gasteiger partial charge in [0.1, 0.15) is 18.1 Å². The number of nitro benzene ring substituents is 1. The Balaban J connectivity index is 1.44. The first-order chi connectivity index (χ1) is 13.6. The molecule has 0 aliphatic carbocycles. The van der Waals surface area contributed by atoms with Crippen LogP contribution >= 0.6 is 11.6 Å². The number of ether oxygens (including phenoxy) is 1. The van der Waals surface area contributed by atoms with Crippen LogP contribution in [0.2, 0.25) is 5.02 Å². The van der Waals surface area contributed by atoms with Crippen LogP contribution in [-0.4, -0.2) is 25.1 Å². The number of nitrogens with zero attached hydrogens (tertiary/aromatic N) is 1. The van der Waals surface area contributed by atoms with Gasteiger partial charge < -0.3 is 19.8 Å². The Morgan fingerprint density at radius 1 is 1.18 bits per heavy atom. The fraction of sp³-hybridized carbons (Fsp3) is 0.200. The monoisotopic (exact) mass is 402 g/mol. The zero-order valence-electron chi connectivity index (χ0n) is 15.4. The number of nitrogens with two attached hydrogens (primary N) is 1. The number of benzene rings is 2. The van der Waals surface area contributed by atoms with Gasteiger partial charge in [0.15, 0.2) is 5.76 Å². The van der Waals surface area contributed by atoms with Crippen molar-refractivity contribution in [2.24, 2.45) is 0 Å². The molecule has 0 radical (unpaired) electrons. The molecule has 0 saturated carbocycles. The lowest BCUT2D eigenvalue weighted by Crippen LogP contribution is -2.83. The van der Waals surface area contributed by atoms with Gasteiger partial charge in [0.25, 0.3) is 5.69 Å². The number of nitrogens with one attached hydrogen (secondary N) is 1. The number of hydrogen-bond acceptors (Lipinski definition) is 5. The number of halogens is 1. The van der Waals surface area contributed by atoms with E-state index in [1.807, 2.05) is 30.3 Å². The molecule has 1 aromatic heterocycles. The van der Waals surface area contributed by atoms with Crippen LogP contribution in [0.4, 0.5) is 11.4 Å². The highest BCUT2D eigenvalue weighted by Crippen LogP contribution is 2.30. The molecule has 0 aliphatic heterocycles. The van der Waals surface area contributed by atoms with Crippen LogP contribution in [0.15, 0.2) is 59.0 Å². The van der Waals surface area contributed by atoms with E-state index >= 15 is 0 Å². The molecule has 0 aliphatic rings. The first-order valence-electron chi connectivity index (χ1n) is 8.79. The van der Waals surface area contributed by atoms with E-state index in [9.17, 15) is 10.1 Å². The molecule has 2 aromatic carbocycles. The molecule has 28 heavy (non-hydrogen) atoms. The molecule has 146 valence electrons. The molecule has 0 bridgehead atoms. The van der Waals surface area contributed by atoms with Crippen molar-refractivity contribution in [3.05, 3.63) is 75.5 Å². The van der Waals surface area contributed by atoms with Crippen LogP contribution in [0.5, 0.6) is 5.75 Å². The van der Waals surface area contributed by atoms with Gasteiger partial charge in [0.05, 0.1) is 30.1 Å². The smallest absolute Gasteiger partial charge is 0.269 e. The predicted molar refractivity (Wildman–Crippen MR) is 108 cm³/mol. The maximum absolute atomic E-state index is 10.6. The summed E-state index contributed by atoms with van der Waals surface area (Å²) in [5.74, 6) is 2.26. The molecule has 0 fully saturated rings. The summed E-state index contributed by atoms with van der Waals surface area (Å²) in [5.41, 5.74) is 1.84. The summed E-state index contributed by atoms with van der Waals surface area (Å²) in [4.78, 5) is 10.2. The number of hydrogen-bond donors (Lipinski definition) is 2. The van der Waals surface area contributed by atoms with Gasteiger partial charge in [-0.3, -0.25) is 10.1 Å². The second-order valence-corrected chi connectivity index (χ2v) is 6.53. The van der Waals surface area contributed by atoms with Gasteiger partial charge in [-0.15, -0.1) is 0 Å². The molecular weight excluding hydrogens is 382 g/mol. The molecule has 0 saturated heterocycles. The van der Waals surface area contributed by atoms with E-state index in [4.69, 9.17) is 20.8 Å². The Labute approximate surface area is 167 Å². The molecule has 0 unspecified atom stereocenters. The van der Waals surface area contributed by atoms with Crippen molar-refractivity contribution in [2.75, 3.05) is 25.5 Å². The van der Waals surface area contributed by atoms with Gasteiger partial charge in [-0.2, -0.15) is 0 Å². The van der Waals surface area contributed by atoms with Gasteiger partial charge in [0.2, 0.25) is 0 Å². The molecule has 3 aromatic rings. The molecule has 3 rings (SSSR count). The number of nitro groups is 1. The van der Waals surface area contributed by atoms with Crippen LogP contribution in [-0.2, 0) is 6.54 Å². The lowest BCUT2D eigenvalue weighted by Gasteiger charge is -2.05. The summed E-state index contributed by atoms with van der Waals surface area (Å²) in [7, 11) is 1.58. The van der Waals surface area contributed by atoms with E-state index in [0.29, 0.717) is 17.3 Å². The van der Waals surface area contributed by atoms with Gasteiger partial charge in [-0.25, -0.2) is 0 Å². The van der Waals surface area contributed by atoms with Crippen LogP contribution in [0.25, 0.3) is 11.3 Å². The number of methoxy groups -OCH3 is 1. The minimum Gasteiger partial charge on any atom is -0.495 e. The van der Waals surface area contributed by atoms with Crippen molar-refractivity contribution in [2.45, 2.75) is 6.54 Å². The van der Waals surface area contributed by atoms with Crippen LogP contribution in [0, 0.1) is 10.1 Å². The second kappa shape index (κ2) is 9.25. The Kier molecular flexibility index (Phi) is 6.52. The van der Waals surface area contributed by atoms with E-state index in [-0.39, 0.29) is 5.69 Å². The van der Waals surface area contributed by atoms with Crippen LogP contribution < -0.4 is 15.4 Å².